The zero-order valence-electron chi connectivity index (χ0n) is 15.8. The van der Waals surface area contributed by atoms with E-state index in [1.165, 1.54) is 5.56 Å². The van der Waals surface area contributed by atoms with Crippen LogP contribution in [0.2, 0.25) is 0 Å². The van der Waals surface area contributed by atoms with Crippen LogP contribution in [0, 0.1) is 20.8 Å². The Balaban J connectivity index is 1.67. The van der Waals surface area contributed by atoms with Gasteiger partial charge in [0.1, 0.15) is 0 Å². The summed E-state index contributed by atoms with van der Waals surface area (Å²) >= 11 is 0. The molecule has 26 heavy (non-hydrogen) atoms. The quantitative estimate of drug-likeness (QED) is 0.922. The van der Waals surface area contributed by atoms with E-state index in [2.05, 4.69) is 17.1 Å². The van der Waals surface area contributed by atoms with Crippen LogP contribution in [0.3, 0.4) is 0 Å². The molecule has 1 fully saturated rings. The van der Waals surface area contributed by atoms with Crippen LogP contribution >= 0.6 is 0 Å². The smallest absolute Gasteiger partial charge is 0.254 e. The Morgan fingerprint density at radius 1 is 1.00 bits per heavy atom. The lowest BCUT2D eigenvalue weighted by molar-refractivity contribution is -0.130. The van der Waals surface area contributed by atoms with Crippen molar-refractivity contribution in [1.82, 2.24) is 14.8 Å². The van der Waals surface area contributed by atoms with Crippen LogP contribution in [0.4, 0.5) is 0 Å². The summed E-state index contributed by atoms with van der Waals surface area (Å²) in [7, 11) is 0. The van der Waals surface area contributed by atoms with Crippen molar-refractivity contribution in [2.24, 2.45) is 0 Å². The third-order valence-corrected chi connectivity index (χ3v) is 5.04. The Morgan fingerprint density at radius 3 is 2.31 bits per heavy atom. The van der Waals surface area contributed by atoms with E-state index in [1.54, 1.807) is 0 Å². The zero-order chi connectivity index (χ0) is 18.7. The molecule has 1 N–H and O–H groups in total. The number of nitrogens with one attached hydrogen (secondary N) is 1. The number of aromatic nitrogens is 1. The second-order valence-electron chi connectivity index (χ2n) is 7.20. The number of carbonyl (C=O) groups excluding carboxylic acids is 2. The van der Waals surface area contributed by atoms with Crippen molar-refractivity contribution in [3.63, 3.8) is 0 Å². The lowest BCUT2D eigenvalue weighted by Gasteiger charge is -2.24. The standard InChI is InChI=1S/C21H27N3O2/c1-15-11-16(2)20(17(3)12-15)21(26)24-8-4-7-23(9-10-24)19(25)13-18-5-6-22-14-18/h5-6,11-12,14,22H,4,7-10,13H2,1-3H3. The van der Waals surface area contributed by atoms with Gasteiger partial charge in [0.15, 0.2) is 0 Å². The number of nitrogens with zero attached hydrogens (tertiary/aromatic N) is 2. The highest BCUT2D eigenvalue weighted by Gasteiger charge is 2.24. The molecular formula is C21H27N3O2. The molecule has 2 heterocycles. The van der Waals surface area contributed by atoms with Gasteiger partial charge in [0.05, 0.1) is 6.42 Å². The maximum Gasteiger partial charge on any atom is 0.254 e. The summed E-state index contributed by atoms with van der Waals surface area (Å²) in [4.78, 5) is 32.3. The molecule has 0 saturated carbocycles. The van der Waals surface area contributed by atoms with E-state index in [-0.39, 0.29) is 11.8 Å². The summed E-state index contributed by atoms with van der Waals surface area (Å²) < 4.78 is 0. The third kappa shape index (κ3) is 3.98. The van der Waals surface area contributed by atoms with E-state index < -0.39 is 0 Å². The highest BCUT2D eigenvalue weighted by atomic mass is 16.2. The number of aryl methyl sites for hydroxylation is 3. The third-order valence-electron chi connectivity index (χ3n) is 5.04. The average Bonchev–Trinajstić information content (AvgIpc) is 2.94. The number of benzene rings is 1. The number of amides is 2. The molecule has 1 saturated heterocycles. The SMILES string of the molecule is Cc1cc(C)c(C(=O)N2CCCN(C(=O)Cc3cc[nH]c3)CC2)c(C)c1. The zero-order valence-corrected chi connectivity index (χ0v) is 15.8. The second kappa shape index (κ2) is 7.77. The van der Waals surface area contributed by atoms with Gasteiger partial charge in [0, 0.05) is 44.1 Å². The van der Waals surface area contributed by atoms with E-state index in [0.717, 1.165) is 28.7 Å². The molecule has 0 atom stereocenters. The van der Waals surface area contributed by atoms with Gasteiger partial charge in [-0.3, -0.25) is 9.59 Å². The van der Waals surface area contributed by atoms with Gasteiger partial charge in [-0.05, 0) is 49.9 Å². The second-order valence-corrected chi connectivity index (χ2v) is 7.20. The Hall–Kier alpha value is -2.56. The summed E-state index contributed by atoms with van der Waals surface area (Å²) in [6.45, 7) is 8.63. The number of rotatable bonds is 3. The lowest BCUT2D eigenvalue weighted by Crippen LogP contribution is -2.38. The van der Waals surface area contributed by atoms with E-state index in [4.69, 9.17) is 0 Å². The van der Waals surface area contributed by atoms with Crippen LogP contribution < -0.4 is 0 Å². The maximum absolute atomic E-state index is 13.1. The summed E-state index contributed by atoms with van der Waals surface area (Å²) in [6.07, 6.45) is 4.91. The average molecular weight is 353 g/mol. The Morgan fingerprint density at radius 2 is 1.65 bits per heavy atom. The molecule has 1 aromatic carbocycles. The van der Waals surface area contributed by atoms with E-state index in [1.807, 2.05) is 49.0 Å². The van der Waals surface area contributed by atoms with Gasteiger partial charge < -0.3 is 14.8 Å². The summed E-state index contributed by atoms with van der Waals surface area (Å²) in [5.41, 5.74) is 5.03. The first-order valence-electron chi connectivity index (χ1n) is 9.22. The van der Waals surface area contributed by atoms with Gasteiger partial charge in [0.2, 0.25) is 5.91 Å². The fourth-order valence-electron chi connectivity index (χ4n) is 3.80. The van der Waals surface area contributed by atoms with Gasteiger partial charge in [0.25, 0.3) is 5.91 Å². The van der Waals surface area contributed by atoms with Gasteiger partial charge in [-0.1, -0.05) is 17.7 Å². The molecule has 1 aromatic heterocycles. The van der Waals surface area contributed by atoms with Crippen molar-refractivity contribution in [2.75, 3.05) is 26.2 Å². The highest BCUT2D eigenvalue weighted by molar-refractivity contribution is 5.97. The molecule has 0 bridgehead atoms. The largest absolute Gasteiger partial charge is 0.367 e. The molecule has 0 aliphatic carbocycles. The first-order chi connectivity index (χ1) is 12.5. The number of hydrogen-bond acceptors (Lipinski definition) is 2. The number of H-pyrrole nitrogens is 1. The van der Waals surface area contributed by atoms with Crippen molar-refractivity contribution < 1.29 is 9.59 Å². The van der Waals surface area contributed by atoms with Crippen LogP contribution in [-0.2, 0) is 11.2 Å². The molecular weight excluding hydrogens is 326 g/mol. The van der Waals surface area contributed by atoms with Crippen molar-refractivity contribution >= 4 is 11.8 Å². The molecule has 1 aliphatic heterocycles. The molecule has 0 radical (unpaired) electrons. The van der Waals surface area contributed by atoms with E-state index in [9.17, 15) is 9.59 Å². The first kappa shape index (κ1) is 18.2. The van der Waals surface area contributed by atoms with E-state index >= 15 is 0 Å². The predicted molar refractivity (Wildman–Crippen MR) is 102 cm³/mol. The van der Waals surface area contributed by atoms with Gasteiger partial charge in [-0.15, -0.1) is 0 Å². The fraction of sp³-hybridized carbons (Fsp3) is 0.429. The van der Waals surface area contributed by atoms with Crippen molar-refractivity contribution in [1.29, 1.82) is 0 Å². The van der Waals surface area contributed by atoms with Gasteiger partial charge >= 0.3 is 0 Å². The molecule has 2 aromatic rings. The molecule has 138 valence electrons. The molecule has 1 aliphatic rings. The van der Waals surface area contributed by atoms with E-state index in [0.29, 0.717) is 32.6 Å². The van der Waals surface area contributed by atoms with Crippen LogP contribution in [0.15, 0.2) is 30.6 Å². The predicted octanol–water partition coefficient (Wildman–Crippen LogP) is 2.86. The summed E-state index contributed by atoms with van der Waals surface area (Å²) in [5.74, 6) is 0.210. The molecule has 5 heteroatoms. The summed E-state index contributed by atoms with van der Waals surface area (Å²) in [5, 5.41) is 0. The van der Waals surface area contributed by atoms with Crippen LogP contribution in [0.25, 0.3) is 0 Å². The fourth-order valence-corrected chi connectivity index (χ4v) is 3.80. The first-order valence-corrected chi connectivity index (χ1v) is 9.22. The van der Waals surface area contributed by atoms with Crippen molar-refractivity contribution in [3.8, 4) is 0 Å². The number of hydrogen-bond donors (Lipinski definition) is 1. The van der Waals surface area contributed by atoms with Crippen LogP contribution in [0.5, 0.6) is 0 Å². The minimum atomic E-state index is 0.0833. The maximum atomic E-state index is 13.1. The van der Waals surface area contributed by atoms with Crippen molar-refractivity contribution in [2.45, 2.75) is 33.6 Å². The molecule has 2 amide bonds. The lowest BCUT2D eigenvalue weighted by atomic mass is 9.98. The molecule has 0 unspecified atom stereocenters. The van der Waals surface area contributed by atoms with Gasteiger partial charge in [-0.25, -0.2) is 0 Å². The summed E-state index contributed by atoms with van der Waals surface area (Å²) in [6, 6.07) is 6.05. The topological polar surface area (TPSA) is 56.4 Å². The van der Waals surface area contributed by atoms with Gasteiger partial charge in [-0.2, -0.15) is 0 Å². The minimum absolute atomic E-state index is 0.0833. The number of aromatic amines is 1. The Kier molecular flexibility index (Phi) is 5.45. The van der Waals surface area contributed by atoms with Crippen LogP contribution in [-0.4, -0.2) is 52.8 Å². The molecule has 5 nitrogen and oxygen atoms in total. The minimum Gasteiger partial charge on any atom is -0.367 e. The molecule has 3 rings (SSSR count). The number of carbonyl (C=O) groups is 2. The normalized spacial score (nSPS) is 15.0. The molecule has 0 spiro atoms. The Bertz CT molecular complexity index is 773. The monoisotopic (exact) mass is 353 g/mol. The Labute approximate surface area is 155 Å². The van der Waals surface area contributed by atoms with Crippen molar-refractivity contribution in [3.05, 3.63) is 58.4 Å². The highest BCUT2D eigenvalue weighted by Crippen LogP contribution is 2.19. The van der Waals surface area contributed by atoms with Crippen LogP contribution in [0.1, 0.15) is 39.0 Å².